The van der Waals surface area contributed by atoms with Crippen molar-refractivity contribution in [3.8, 4) is 11.6 Å². The second-order valence-electron chi connectivity index (χ2n) is 7.93. The van der Waals surface area contributed by atoms with E-state index in [0.29, 0.717) is 46.0 Å². The number of pyridine rings is 1. The first-order valence-corrected chi connectivity index (χ1v) is 10.4. The van der Waals surface area contributed by atoms with Crippen LogP contribution in [0, 0.1) is 5.92 Å². The van der Waals surface area contributed by atoms with Crippen LogP contribution in [0.5, 0.6) is 0 Å². The van der Waals surface area contributed by atoms with Crippen molar-refractivity contribution < 1.29 is 4.52 Å². The third-order valence-corrected chi connectivity index (χ3v) is 6.07. The highest BCUT2D eigenvalue weighted by molar-refractivity contribution is 6.31. The molecule has 5 aromatic rings. The zero-order valence-electron chi connectivity index (χ0n) is 16.6. The molecule has 0 spiro atoms. The molecule has 1 aliphatic rings. The van der Waals surface area contributed by atoms with Crippen molar-refractivity contribution in [1.82, 2.24) is 29.1 Å². The van der Waals surface area contributed by atoms with Crippen LogP contribution in [0.1, 0.15) is 30.8 Å². The lowest BCUT2D eigenvalue weighted by Gasteiger charge is -2.12. The van der Waals surface area contributed by atoms with Gasteiger partial charge in [0.05, 0.1) is 23.3 Å². The molecule has 0 saturated heterocycles. The smallest absolute Gasteiger partial charge is 0.278 e. The van der Waals surface area contributed by atoms with Crippen molar-refractivity contribution in [3.63, 3.8) is 0 Å². The summed E-state index contributed by atoms with van der Waals surface area (Å²) in [6.07, 6.45) is 4.36. The molecule has 0 N–H and O–H groups in total. The van der Waals surface area contributed by atoms with E-state index in [4.69, 9.17) is 16.1 Å². The molecule has 1 aliphatic carbocycles. The van der Waals surface area contributed by atoms with Gasteiger partial charge in [0.2, 0.25) is 0 Å². The van der Waals surface area contributed by atoms with Gasteiger partial charge >= 0.3 is 0 Å². The highest BCUT2D eigenvalue weighted by Crippen LogP contribution is 2.45. The highest BCUT2D eigenvalue weighted by atomic mass is 35.5. The summed E-state index contributed by atoms with van der Waals surface area (Å²) >= 11 is 6.26. The summed E-state index contributed by atoms with van der Waals surface area (Å²) in [5, 5.41) is 4.66. The van der Waals surface area contributed by atoms with Gasteiger partial charge in [-0.15, -0.1) is 0 Å². The maximum Gasteiger partial charge on any atom is 0.278 e. The molecule has 0 bridgehead atoms. The number of hydrogen-bond acceptors (Lipinski definition) is 6. The van der Waals surface area contributed by atoms with Crippen LogP contribution in [0.4, 0.5) is 0 Å². The Morgan fingerprint density at radius 3 is 2.84 bits per heavy atom. The van der Waals surface area contributed by atoms with E-state index in [2.05, 4.69) is 27.0 Å². The van der Waals surface area contributed by atoms with E-state index in [-0.39, 0.29) is 11.4 Å². The predicted octanol–water partition coefficient (Wildman–Crippen LogP) is 3.92. The quantitative estimate of drug-likeness (QED) is 0.427. The maximum atomic E-state index is 13.7. The Balaban J connectivity index is 1.60. The zero-order valence-corrected chi connectivity index (χ0v) is 17.3. The van der Waals surface area contributed by atoms with Gasteiger partial charge in [-0.2, -0.15) is 4.98 Å². The van der Waals surface area contributed by atoms with Crippen LogP contribution < -0.4 is 5.56 Å². The molecule has 8 nitrogen and oxygen atoms in total. The monoisotopic (exact) mass is 432 g/mol. The number of benzene rings is 1. The van der Waals surface area contributed by atoms with Gasteiger partial charge in [0.1, 0.15) is 11.8 Å². The molecule has 0 amide bonds. The fraction of sp³-hybridized carbons (Fsp3) is 0.227. The fourth-order valence-electron chi connectivity index (χ4n) is 4.02. The number of rotatable bonds is 4. The summed E-state index contributed by atoms with van der Waals surface area (Å²) < 4.78 is 8.90. The Hall–Kier alpha value is -3.52. The minimum absolute atomic E-state index is 0.229. The Labute approximate surface area is 181 Å². The van der Waals surface area contributed by atoms with Crippen molar-refractivity contribution >= 4 is 28.2 Å². The summed E-state index contributed by atoms with van der Waals surface area (Å²) in [5.41, 5.74) is 2.78. The number of halogens is 1. The highest BCUT2D eigenvalue weighted by Gasteiger charge is 2.38. The van der Waals surface area contributed by atoms with Gasteiger partial charge in [-0.1, -0.05) is 29.7 Å². The second kappa shape index (κ2) is 6.75. The summed E-state index contributed by atoms with van der Waals surface area (Å²) in [4.78, 5) is 27.0. The molecule has 6 rings (SSSR count). The minimum Gasteiger partial charge on any atom is -0.332 e. The van der Waals surface area contributed by atoms with E-state index in [9.17, 15) is 4.79 Å². The van der Waals surface area contributed by atoms with E-state index in [1.807, 2.05) is 24.3 Å². The summed E-state index contributed by atoms with van der Waals surface area (Å²) in [6.45, 7) is 2.45. The van der Waals surface area contributed by atoms with Crippen LogP contribution >= 0.6 is 11.6 Å². The molecular weight excluding hydrogens is 416 g/mol. The number of nitrogens with zero attached hydrogens (tertiary/aromatic N) is 6. The van der Waals surface area contributed by atoms with Crippen molar-refractivity contribution in [1.29, 1.82) is 0 Å². The Bertz CT molecular complexity index is 1500. The first-order valence-electron chi connectivity index (χ1n) is 10.0. The molecule has 2 atom stereocenters. The number of aromatic nitrogens is 6. The molecule has 1 aromatic carbocycles. The first kappa shape index (κ1) is 18.3. The molecule has 4 aromatic heterocycles. The SMILES string of the molecule is CC1CC1c1noc(-c2ncn3c2c(=O)n(Cc2ccccn2)c2cc(Cl)ccc23)n1. The van der Waals surface area contributed by atoms with E-state index in [1.165, 1.54) is 0 Å². The van der Waals surface area contributed by atoms with Crippen LogP contribution in [0.2, 0.25) is 5.02 Å². The second-order valence-corrected chi connectivity index (χ2v) is 8.37. The molecule has 0 radical (unpaired) electrons. The third kappa shape index (κ3) is 2.94. The van der Waals surface area contributed by atoms with Crippen LogP contribution in [0.3, 0.4) is 0 Å². The van der Waals surface area contributed by atoms with Crippen molar-refractivity contribution in [2.75, 3.05) is 0 Å². The number of fused-ring (bicyclic) bond motifs is 3. The lowest BCUT2D eigenvalue weighted by Crippen LogP contribution is -2.24. The van der Waals surface area contributed by atoms with Gasteiger partial charge in [0.15, 0.2) is 11.5 Å². The lowest BCUT2D eigenvalue weighted by atomic mass is 10.2. The largest absolute Gasteiger partial charge is 0.332 e. The van der Waals surface area contributed by atoms with Gasteiger partial charge in [0.25, 0.3) is 11.4 Å². The van der Waals surface area contributed by atoms with E-state index >= 15 is 0 Å². The Morgan fingerprint density at radius 2 is 2.06 bits per heavy atom. The molecule has 2 unspecified atom stereocenters. The zero-order chi connectivity index (χ0) is 21.1. The van der Waals surface area contributed by atoms with E-state index in [0.717, 1.165) is 17.6 Å². The van der Waals surface area contributed by atoms with Gasteiger partial charge in [-0.3, -0.25) is 18.7 Å². The molecule has 1 saturated carbocycles. The molecule has 4 heterocycles. The van der Waals surface area contributed by atoms with E-state index in [1.54, 1.807) is 33.6 Å². The van der Waals surface area contributed by atoms with Crippen molar-refractivity contribution in [2.24, 2.45) is 5.92 Å². The topological polar surface area (TPSA) is 91.1 Å². The van der Waals surface area contributed by atoms with Crippen LogP contribution in [0.15, 0.2) is 58.2 Å². The minimum atomic E-state index is -0.229. The third-order valence-electron chi connectivity index (χ3n) is 5.83. The first-order chi connectivity index (χ1) is 15.1. The number of hydrogen-bond donors (Lipinski definition) is 0. The van der Waals surface area contributed by atoms with Crippen molar-refractivity contribution in [2.45, 2.75) is 25.8 Å². The predicted molar refractivity (Wildman–Crippen MR) is 115 cm³/mol. The summed E-state index contributed by atoms with van der Waals surface area (Å²) in [7, 11) is 0. The molecule has 1 fully saturated rings. The molecule has 31 heavy (non-hydrogen) atoms. The van der Waals surface area contributed by atoms with Crippen LogP contribution in [-0.2, 0) is 6.54 Å². The van der Waals surface area contributed by atoms with Crippen LogP contribution in [-0.4, -0.2) is 29.1 Å². The fourth-order valence-corrected chi connectivity index (χ4v) is 4.19. The molecule has 154 valence electrons. The number of imidazole rings is 1. The average molecular weight is 433 g/mol. The molecule has 9 heteroatoms. The lowest BCUT2D eigenvalue weighted by molar-refractivity contribution is 0.421. The molecule has 0 aliphatic heterocycles. The van der Waals surface area contributed by atoms with E-state index < -0.39 is 0 Å². The van der Waals surface area contributed by atoms with Crippen molar-refractivity contribution in [3.05, 3.63) is 75.8 Å². The Kier molecular flexibility index (Phi) is 3.97. The summed E-state index contributed by atoms with van der Waals surface area (Å²) in [5.74, 6) is 1.79. The summed E-state index contributed by atoms with van der Waals surface area (Å²) in [6, 6.07) is 11.1. The normalized spacial score (nSPS) is 18.1. The van der Waals surface area contributed by atoms with Crippen LogP contribution in [0.25, 0.3) is 28.1 Å². The molecular formula is C22H17ClN6O2. The average Bonchev–Trinajstić information content (AvgIpc) is 3.17. The maximum absolute atomic E-state index is 13.7. The Morgan fingerprint density at radius 1 is 1.19 bits per heavy atom. The van der Waals surface area contributed by atoms with Gasteiger partial charge in [-0.05, 0) is 42.7 Å². The van der Waals surface area contributed by atoms with Gasteiger partial charge in [-0.25, -0.2) is 4.98 Å². The van der Waals surface area contributed by atoms with Gasteiger partial charge in [0, 0.05) is 17.1 Å². The van der Waals surface area contributed by atoms with Gasteiger partial charge < -0.3 is 4.52 Å². The standard InChI is InChI=1S/C22H17ClN6O2/c1-12-8-15(12)20-26-21(31-27-20)18-19-22(30)28(10-14-4-2-3-7-24-14)17-9-13(23)5-6-16(17)29(19)11-25-18/h2-7,9,11-12,15H,8,10H2,1H3.